The van der Waals surface area contributed by atoms with Gasteiger partial charge in [0.05, 0.1) is 12.7 Å². The van der Waals surface area contributed by atoms with Gasteiger partial charge in [0, 0.05) is 0 Å². The van der Waals surface area contributed by atoms with E-state index in [0.717, 1.165) is 0 Å². The van der Waals surface area contributed by atoms with Gasteiger partial charge in [-0.25, -0.2) is 0 Å². The minimum Gasteiger partial charge on any atom is -0.394 e. The molecule has 1 unspecified atom stereocenters. The van der Waals surface area contributed by atoms with Crippen LogP contribution >= 0.6 is 0 Å². The highest BCUT2D eigenvalue weighted by molar-refractivity contribution is 4.98. The summed E-state index contributed by atoms with van der Waals surface area (Å²) in [5.74, 6) is 0. The average molecular weight is 162 g/mol. The second-order valence-corrected chi connectivity index (χ2v) is 3.18. The maximum atomic E-state index is 9.56. The number of aliphatic hydroxyl groups excluding tert-OH is 2. The third-order valence-electron chi connectivity index (χ3n) is 2.24. The Morgan fingerprint density at radius 1 is 1.55 bits per heavy atom. The first-order chi connectivity index (χ1) is 5.00. The first-order valence-corrected chi connectivity index (χ1v) is 3.67. The quantitative estimate of drug-likeness (QED) is 0.456. The van der Waals surface area contributed by atoms with E-state index in [9.17, 15) is 10.2 Å². The van der Waals surface area contributed by atoms with Gasteiger partial charge in [-0.3, -0.25) is 0 Å². The van der Waals surface area contributed by atoms with Gasteiger partial charge in [0.25, 0.3) is 0 Å². The Bertz CT molecular complexity index is 145. The third kappa shape index (κ3) is 1.27. The lowest BCUT2D eigenvalue weighted by Crippen LogP contribution is -2.46. The van der Waals surface area contributed by atoms with Gasteiger partial charge in [-0.05, 0) is 13.8 Å². The molecule has 0 spiro atoms. The number of rotatable bonds is 1. The fraction of sp³-hybridized carbons (Fsp3) is 1.00. The van der Waals surface area contributed by atoms with Crippen molar-refractivity contribution in [1.29, 1.82) is 0 Å². The van der Waals surface area contributed by atoms with Crippen molar-refractivity contribution in [3.05, 3.63) is 0 Å². The van der Waals surface area contributed by atoms with Gasteiger partial charge >= 0.3 is 0 Å². The third-order valence-corrected chi connectivity index (χ3v) is 2.24. The first-order valence-electron chi connectivity index (χ1n) is 3.67. The molecule has 0 bridgehead atoms. The van der Waals surface area contributed by atoms with Crippen molar-refractivity contribution in [2.75, 3.05) is 6.61 Å². The van der Waals surface area contributed by atoms with Crippen molar-refractivity contribution in [1.82, 2.24) is 0 Å². The predicted molar refractivity (Wildman–Crippen MR) is 38.1 cm³/mol. The van der Waals surface area contributed by atoms with Gasteiger partial charge in [0.1, 0.15) is 17.8 Å². The van der Waals surface area contributed by atoms with Crippen LogP contribution in [0.15, 0.2) is 0 Å². The summed E-state index contributed by atoms with van der Waals surface area (Å²) in [4.78, 5) is 0. The molecule has 0 aliphatic carbocycles. The molecule has 1 aliphatic rings. The lowest BCUT2D eigenvalue weighted by Gasteiger charge is -2.24. The summed E-state index contributed by atoms with van der Waals surface area (Å²) in [6.45, 7) is 2.85. The molecule has 1 fully saturated rings. The average Bonchev–Trinajstić information content (AvgIpc) is 2.13. The molecule has 1 rings (SSSR count). The summed E-state index contributed by atoms with van der Waals surface area (Å²) in [7, 11) is 0. The second-order valence-electron chi connectivity index (χ2n) is 3.18. The number of ether oxygens (including phenoxy) is 1. The molecule has 0 amide bonds. The molecule has 11 heavy (non-hydrogen) atoms. The van der Waals surface area contributed by atoms with Gasteiger partial charge in [0.2, 0.25) is 0 Å². The molecule has 4 heteroatoms. The van der Waals surface area contributed by atoms with E-state index < -0.39 is 23.9 Å². The molecule has 4 nitrogen and oxygen atoms in total. The molecule has 4 atom stereocenters. The predicted octanol–water partition coefficient (Wildman–Crippen LogP) is -1.12. The monoisotopic (exact) mass is 162 g/mol. The van der Waals surface area contributed by atoms with Crippen LogP contribution in [0.25, 0.3) is 0 Å². The summed E-state index contributed by atoms with van der Waals surface area (Å²) < 4.78 is 5.09. The van der Waals surface area contributed by atoms with Gasteiger partial charge in [-0.1, -0.05) is 0 Å². The van der Waals surface area contributed by atoms with Gasteiger partial charge in [0.15, 0.2) is 0 Å². The van der Waals surface area contributed by atoms with Crippen LogP contribution in [0.2, 0.25) is 0 Å². The van der Waals surface area contributed by atoms with Crippen molar-refractivity contribution >= 4 is 0 Å². The van der Waals surface area contributed by atoms with E-state index in [1.807, 2.05) is 0 Å². The molecule has 1 heterocycles. The van der Waals surface area contributed by atoms with E-state index in [-0.39, 0.29) is 6.61 Å². The maximum absolute atomic E-state index is 9.56. The van der Waals surface area contributed by atoms with Crippen LogP contribution in [0, 0.1) is 0 Å². The van der Waals surface area contributed by atoms with Crippen LogP contribution in [0.4, 0.5) is 0 Å². The van der Waals surface area contributed by atoms with E-state index in [4.69, 9.17) is 9.84 Å². The summed E-state index contributed by atoms with van der Waals surface area (Å²) in [5.41, 5.74) is -1.33. The molecule has 3 N–H and O–H groups in total. The van der Waals surface area contributed by atoms with Crippen molar-refractivity contribution in [3.8, 4) is 0 Å². The summed E-state index contributed by atoms with van der Waals surface area (Å²) in [6.07, 6.45) is -2.01. The van der Waals surface area contributed by atoms with Crippen LogP contribution < -0.4 is 0 Å². The van der Waals surface area contributed by atoms with E-state index in [0.29, 0.717) is 0 Å². The van der Waals surface area contributed by atoms with Crippen LogP contribution in [0.1, 0.15) is 13.8 Å². The van der Waals surface area contributed by atoms with Crippen LogP contribution in [-0.4, -0.2) is 45.8 Å². The zero-order valence-corrected chi connectivity index (χ0v) is 6.69. The Kier molecular flexibility index (Phi) is 2.20. The summed E-state index contributed by atoms with van der Waals surface area (Å²) in [5, 5.41) is 27.6. The minimum absolute atomic E-state index is 0.269. The topological polar surface area (TPSA) is 69.9 Å². The molecule has 1 aliphatic heterocycles. The summed E-state index contributed by atoms with van der Waals surface area (Å²) in [6, 6.07) is 0. The molecule has 0 aromatic heterocycles. The zero-order valence-electron chi connectivity index (χ0n) is 6.69. The second kappa shape index (κ2) is 2.71. The Hall–Kier alpha value is -0.160. The standard InChI is InChI=1S/C7H14O4/c1-4-6(9)7(2,10)5(3-8)11-4/h4-6,8-10H,3H2,1-2H3/t4-,5+,6?,7-/m0/s1. The Morgan fingerprint density at radius 3 is 2.27 bits per heavy atom. The van der Waals surface area contributed by atoms with Crippen LogP contribution in [0.3, 0.4) is 0 Å². The summed E-state index contributed by atoms with van der Waals surface area (Å²) >= 11 is 0. The largest absolute Gasteiger partial charge is 0.394 e. The molecular formula is C7H14O4. The minimum atomic E-state index is -1.33. The fourth-order valence-corrected chi connectivity index (χ4v) is 1.36. The van der Waals surface area contributed by atoms with Crippen LogP contribution in [-0.2, 0) is 4.74 Å². The fourth-order valence-electron chi connectivity index (χ4n) is 1.36. The van der Waals surface area contributed by atoms with Crippen molar-refractivity contribution in [2.45, 2.75) is 37.8 Å². The van der Waals surface area contributed by atoms with E-state index in [2.05, 4.69) is 0 Å². The normalized spacial score (nSPS) is 51.5. The van der Waals surface area contributed by atoms with Crippen LogP contribution in [0.5, 0.6) is 0 Å². The Morgan fingerprint density at radius 2 is 2.09 bits per heavy atom. The van der Waals surface area contributed by atoms with E-state index in [1.54, 1.807) is 6.92 Å². The molecule has 0 aromatic carbocycles. The number of aliphatic hydroxyl groups is 3. The molecule has 0 aromatic rings. The Balaban J connectivity index is 2.74. The molecule has 0 saturated carbocycles. The Labute approximate surface area is 65.4 Å². The van der Waals surface area contributed by atoms with Gasteiger partial charge < -0.3 is 20.1 Å². The molecule has 1 saturated heterocycles. The SMILES string of the molecule is C[C@@H]1O[C@H](CO)[C@](C)(O)C1O. The smallest absolute Gasteiger partial charge is 0.118 e. The maximum Gasteiger partial charge on any atom is 0.118 e. The van der Waals surface area contributed by atoms with Crippen molar-refractivity contribution in [2.24, 2.45) is 0 Å². The molecular weight excluding hydrogens is 148 g/mol. The van der Waals surface area contributed by atoms with E-state index >= 15 is 0 Å². The number of hydrogen-bond acceptors (Lipinski definition) is 4. The van der Waals surface area contributed by atoms with Gasteiger partial charge in [-0.15, -0.1) is 0 Å². The molecule has 0 radical (unpaired) electrons. The van der Waals surface area contributed by atoms with Gasteiger partial charge in [-0.2, -0.15) is 0 Å². The highest BCUT2D eigenvalue weighted by Crippen LogP contribution is 2.30. The van der Waals surface area contributed by atoms with Crippen molar-refractivity contribution < 1.29 is 20.1 Å². The number of hydrogen-bond donors (Lipinski definition) is 3. The highest BCUT2D eigenvalue weighted by Gasteiger charge is 2.49. The lowest BCUT2D eigenvalue weighted by atomic mass is 9.94. The first kappa shape index (κ1) is 8.93. The van der Waals surface area contributed by atoms with E-state index in [1.165, 1.54) is 6.92 Å². The lowest BCUT2D eigenvalue weighted by molar-refractivity contribution is -0.0792. The zero-order chi connectivity index (χ0) is 8.65. The van der Waals surface area contributed by atoms with Crippen molar-refractivity contribution in [3.63, 3.8) is 0 Å². The highest BCUT2D eigenvalue weighted by atomic mass is 16.6. The molecule has 66 valence electrons.